The van der Waals surface area contributed by atoms with Gasteiger partial charge in [0.25, 0.3) is 0 Å². The van der Waals surface area contributed by atoms with Crippen LogP contribution in [0.15, 0.2) is 67.0 Å². The number of nitriles is 1. The Morgan fingerprint density at radius 3 is 2.66 bits per heavy atom. The molecule has 1 aliphatic rings. The van der Waals surface area contributed by atoms with E-state index in [0.29, 0.717) is 31.1 Å². The normalized spacial score (nSPS) is 14.5. The van der Waals surface area contributed by atoms with Crippen LogP contribution >= 0.6 is 0 Å². The highest BCUT2D eigenvalue weighted by atomic mass is 19.1. The summed E-state index contributed by atoms with van der Waals surface area (Å²) in [5, 5.41) is 11.6. The number of aromatic nitrogens is 3. The molecule has 7 nitrogen and oxygen atoms in total. The van der Waals surface area contributed by atoms with E-state index in [0.717, 1.165) is 57.2 Å². The molecule has 1 aliphatic heterocycles. The van der Waals surface area contributed by atoms with E-state index >= 15 is 0 Å². The first-order valence-electron chi connectivity index (χ1n) is 13.9. The number of ether oxygens (including phenoxy) is 1. The minimum absolute atomic E-state index is 0.256. The summed E-state index contributed by atoms with van der Waals surface area (Å²) >= 11 is 0. The van der Waals surface area contributed by atoms with Crippen molar-refractivity contribution in [2.45, 2.75) is 51.7 Å². The van der Waals surface area contributed by atoms with E-state index in [-0.39, 0.29) is 11.9 Å². The Kier molecular flexibility index (Phi) is 6.74. The van der Waals surface area contributed by atoms with Gasteiger partial charge in [-0.3, -0.25) is 0 Å². The zero-order chi connectivity index (χ0) is 28.7. The van der Waals surface area contributed by atoms with Crippen molar-refractivity contribution >= 4 is 28.0 Å². The predicted octanol–water partition coefficient (Wildman–Crippen LogP) is 7.36. The Morgan fingerprint density at radius 1 is 1.12 bits per heavy atom. The van der Waals surface area contributed by atoms with Crippen LogP contribution in [0, 0.1) is 17.1 Å². The van der Waals surface area contributed by atoms with E-state index in [4.69, 9.17) is 4.74 Å². The van der Waals surface area contributed by atoms with Crippen LogP contribution in [-0.2, 0) is 11.3 Å². The Hall–Kier alpha value is -4.64. The van der Waals surface area contributed by atoms with Crippen molar-refractivity contribution in [2.75, 3.05) is 13.1 Å². The monoisotopic (exact) mass is 549 g/mol. The number of hydrogen-bond acceptors (Lipinski definition) is 4. The van der Waals surface area contributed by atoms with Crippen LogP contribution in [0.3, 0.4) is 0 Å². The lowest BCUT2D eigenvalue weighted by atomic mass is 9.93. The first kappa shape index (κ1) is 26.6. The predicted molar refractivity (Wildman–Crippen MR) is 157 cm³/mol. The molecule has 1 N–H and O–H groups in total. The van der Waals surface area contributed by atoms with Crippen molar-refractivity contribution in [3.8, 4) is 17.2 Å². The van der Waals surface area contributed by atoms with Gasteiger partial charge in [0.05, 0.1) is 11.1 Å². The zero-order valence-electron chi connectivity index (χ0n) is 23.4. The van der Waals surface area contributed by atoms with Gasteiger partial charge in [0.15, 0.2) is 0 Å². The molecule has 0 aliphatic carbocycles. The maximum atomic E-state index is 13.8. The number of carbonyl (C=O) groups is 1. The van der Waals surface area contributed by atoms with Crippen molar-refractivity contribution in [3.05, 3.63) is 89.6 Å². The van der Waals surface area contributed by atoms with Gasteiger partial charge in [-0.1, -0.05) is 24.3 Å². The van der Waals surface area contributed by atoms with Crippen molar-refractivity contribution in [3.63, 3.8) is 0 Å². The molecule has 1 saturated heterocycles. The molecular formula is C33H32FN5O2. The van der Waals surface area contributed by atoms with E-state index in [9.17, 15) is 14.4 Å². The van der Waals surface area contributed by atoms with Gasteiger partial charge < -0.3 is 19.2 Å². The first-order valence-corrected chi connectivity index (χ1v) is 13.9. The van der Waals surface area contributed by atoms with Crippen molar-refractivity contribution in [1.29, 1.82) is 5.26 Å². The largest absolute Gasteiger partial charge is 0.444 e. The Balaban J connectivity index is 1.29. The number of nitrogens with zero attached hydrogens (tertiary/aromatic N) is 4. The molecule has 0 bridgehead atoms. The highest BCUT2D eigenvalue weighted by molar-refractivity contribution is 5.97. The van der Waals surface area contributed by atoms with E-state index < -0.39 is 5.60 Å². The molecule has 5 aromatic rings. The SMILES string of the molecule is CC(C)(C)OC(=O)N1CCC(c2cc3c(-c4ccc5c(C#N)cn(Cc6cccc(F)c6)c5c4)ccnc3[nH]2)CC1. The highest BCUT2D eigenvalue weighted by Gasteiger charge is 2.28. The highest BCUT2D eigenvalue weighted by Crippen LogP contribution is 2.35. The number of hydrogen-bond donors (Lipinski definition) is 1. The summed E-state index contributed by atoms with van der Waals surface area (Å²) in [5.41, 5.74) is 5.82. The molecular weight excluding hydrogens is 517 g/mol. The summed E-state index contributed by atoms with van der Waals surface area (Å²) in [6.45, 7) is 7.41. The van der Waals surface area contributed by atoms with Crippen LogP contribution < -0.4 is 0 Å². The molecule has 208 valence electrons. The van der Waals surface area contributed by atoms with Crippen LogP contribution in [0.5, 0.6) is 0 Å². The molecule has 4 heterocycles. The molecule has 0 atom stereocenters. The van der Waals surface area contributed by atoms with Crippen molar-refractivity contribution < 1.29 is 13.9 Å². The number of carbonyl (C=O) groups excluding carboxylic acids is 1. The second kappa shape index (κ2) is 10.4. The number of pyridine rings is 1. The molecule has 3 aromatic heterocycles. The van der Waals surface area contributed by atoms with E-state index in [1.807, 2.05) is 55.8 Å². The molecule has 0 radical (unpaired) electrons. The van der Waals surface area contributed by atoms with Crippen LogP contribution in [0.25, 0.3) is 33.1 Å². The van der Waals surface area contributed by atoms with Crippen LogP contribution in [-0.4, -0.2) is 44.2 Å². The lowest BCUT2D eigenvalue weighted by Crippen LogP contribution is -2.41. The first-order chi connectivity index (χ1) is 19.7. The molecule has 0 unspecified atom stereocenters. The second-order valence-electron chi connectivity index (χ2n) is 11.7. The summed E-state index contributed by atoms with van der Waals surface area (Å²) in [6.07, 6.45) is 5.07. The average Bonchev–Trinajstić information content (AvgIpc) is 3.53. The van der Waals surface area contributed by atoms with Crippen LogP contribution in [0.1, 0.15) is 56.4 Å². The van der Waals surface area contributed by atoms with E-state index in [1.54, 1.807) is 17.2 Å². The van der Waals surface area contributed by atoms with Gasteiger partial charge >= 0.3 is 6.09 Å². The van der Waals surface area contributed by atoms with Gasteiger partial charge in [0.2, 0.25) is 0 Å². The third kappa shape index (κ3) is 5.40. The smallest absolute Gasteiger partial charge is 0.410 e. The maximum Gasteiger partial charge on any atom is 0.410 e. The van der Waals surface area contributed by atoms with Gasteiger partial charge in [-0.05, 0) is 80.6 Å². The van der Waals surface area contributed by atoms with Gasteiger partial charge in [0, 0.05) is 54.4 Å². The molecule has 1 fully saturated rings. The third-order valence-electron chi connectivity index (χ3n) is 7.69. The molecule has 1 amide bonds. The number of fused-ring (bicyclic) bond motifs is 2. The number of halogens is 1. The molecule has 2 aromatic carbocycles. The van der Waals surface area contributed by atoms with Crippen LogP contribution in [0.4, 0.5) is 9.18 Å². The molecule has 0 saturated carbocycles. The summed E-state index contributed by atoms with van der Waals surface area (Å²) in [7, 11) is 0. The molecule has 0 spiro atoms. The quantitative estimate of drug-likeness (QED) is 0.254. The van der Waals surface area contributed by atoms with Gasteiger partial charge in [0.1, 0.15) is 23.1 Å². The van der Waals surface area contributed by atoms with E-state index in [1.165, 1.54) is 12.1 Å². The number of nitrogens with one attached hydrogen (secondary N) is 1. The second-order valence-corrected chi connectivity index (χ2v) is 11.7. The van der Waals surface area contributed by atoms with E-state index in [2.05, 4.69) is 28.2 Å². The fourth-order valence-corrected chi connectivity index (χ4v) is 5.73. The number of H-pyrrole nitrogens is 1. The number of piperidine rings is 1. The minimum atomic E-state index is -0.506. The summed E-state index contributed by atoms with van der Waals surface area (Å²) in [6, 6.07) is 19.1. The fraction of sp³-hybridized carbons (Fsp3) is 0.303. The van der Waals surface area contributed by atoms with Gasteiger partial charge in [-0.25, -0.2) is 14.2 Å². The third-order valence-corrected chi connectivity index (χ3v) is 7.69. The Bertz CT molecular complexity index is 1800. The number of amides is 1. The molecule has 41 heavy (non-hydrogen) atoms. The molecule has 6 rings (SSSR count). The summed E-state index contributed by atoms with van der Waals surface area (Å²) < 4.78 is 21.4. The standard InChI is InChI=1S/C33H32FN5O2/c1-33(2,3)41-32(40)38-13-10-22(11-14-38)29-17-28-26(9-12-36-31(28)37-29)23-7-8-27-24(18-35)20-39(30(27)16-23)19-21-5-4-6-25(34)15-21/h4-9,12,15-17,20,22H,10-11,13-14,19H2,1-3H3,(H,36,37). The number of rotatable bonds is 4. The summed E-state index contributed by atoms with van der Waals surface area (Å²) in [4.78, 5) is 22.4. The zero-order valence-corrected chi connectivity index (χ0v) is 23.4. The van der Waals surface area contributed by atoms with Crippen molar-refractivity contribution in [1.82, 2.24) is 19.4 Å². The van der Waals surface area contributed by atoms with Gasteiger partial charge in [-0.15, -0.1) is 0 Å². The van der Waals surface area contributed by atoms with Crippen molar-refractivity contribution in [2.24, 2.45) is 0 Å². The number of benzene rings is 2. The lowest BCUT2D eigenvalue weighted by molar-refractivity contribution is 0.0204. The minimum Gasteiger partial charge on any atom is -0.444 e. The van der Waals surface area contributed by atoms with Gasteiger partial charge in [-0.2, -0.15) is 5.26 Å². The summed E-state index contributed by atoms with van der Waals surface area (Å²) in [5.74, 6) is 0.0121. The topological polar surface area (TPSA) is 86.9 Å². The Labute approximate surface area is 238 Å². The fourth-order valence-electron chi connectivity index (χ4n) is 5.73. The lowest BCUT2D eigenvalue weighted by Gasteiger charge is -2.33. The number of likely N-dealkylation sites (tertiary alicyclic amines) is 1. The number of aromatic amines is 1. The maximum absolute atomic E-state index is 13.8. The molecule has 8 heteroatoms. The Morgan fingerprint density at radius 2 is 1.93 bits per heavy atom. The average molecular weight is 550 g/mol. The van der Waals surface area contributed by atoms with Crippen LogP contribution in [0.2, 0.25) is 0 Å².